The highest BCUT2D eigenvalue weighted by Gasteiger charge is 2.31. The summed E-state index contributed by atoms with van der Waals surface area (Å²) in [6.07, 6.45) is 8.54. The van der Waals surface area contributed by atoms with Crippen LogP contribution < -0.4 is 10.9 Å². The molecule has 2 aliphatic rings. The van der Waals surface area contributed by atoms with Gasteiger partial charge in [0.05, 0.1) is 0 Å². The average Bonchev–Trinajstić information content (AvgIpc) is 3.03. The van der Waals surface area contributed by atoms with Crippen molar-refractivity contribution in [3.05, 3.63) is 53.0 Å². The van der Waals surface area contributed by atoms with Crippen molar-refractivity contribution in [1.82, 2.24) is 24.3 Å². The molecule has 2 aliphatic heterocycles. The molecule has 6 nitrogen and oxygen atoms in total. The molecule has 2 bridgehead atoms. The Balaban J connectivity index is 1.67. The fourth-order valence-electron chi connectivity index (χ4n) is 3.94. The number of pyridine rings is 1. The van der Waals surface area contributed by atoms with Gasteiger partial charge >= 0.3 is 0 Å². The van der Waals surface area contributed by atoms with E-state index in [2.05, 4.69) is 21.4 Å². The van der Waals surface area contributed by atoms with Gasteiger partial charge in [-0.15, -0.1) is 0 Å². The molecule has 0 aliphatic carbocycles. The first-order valence-electron chi connectivity index (χ1n) is 8.02. The molecule has 0 aromatic carbocycles. The van der Waals surface area contributed by atoms with Crippen LogP contribution in [0.5, 0.6) is 0 Å². The second kappa shape index (κ2) is 4.76. The highest BCUT2D eigenvalue weighted by molar-refractivity contribution is 5.63. The molecule has 1 N–H and O–H groups in total. The van der Waals surface area contributed by atoms with Crippen molar-refractivity contribution < 1.29 is 0 Å². The first-order chi connectivity index (χ1) is 11.3. The summed E-state index contributed by atoms with van der Waals surface area (Å²) in [6.45, 7) is 2.81. The van der Waals surface area contributed by atoms with Crippen molar-refractivity contribution >= 4 is 5.78 Å². The van der Waals surface area contributed by atoms with Gasteiger partial charge in [0.15, 0.2) is 0 Å². The maximum atomic E-state index is 12.6. The summed E-state index contributed by atoms with van der Waals surface area (Å²) < 4.78 is 3.84. The van der Waals surface area contributed by atoms with E-state index in [4.69, 9.17) is 0 Å². The maximum absolute atomic E-state index is 12.6. The number of hydrogen-bond acceptors (Lipinski definition) is 4. The quantitative estimate of drug-likeness (QED) is 0.735. The zero-order valence-corrected chi connectivity index (χ0v) is 12.6. The summed E-state index contributed by atoms with van der Waals surface area (Å²) >= 11 is 0. The molecule has 3 aromatic heterocycles. The van der Waals surface area contributed by atoms with Gasteiger partial charge in [0.2, 0.25) is 5.78 Å². The summed E-state index contributed by atoms with van der Waals surface area (Å²) in [4.78, 5) is 21.1. The molecule has 1 fully saturated rings. The molecule has 0 radical (unpaired) electrons. The minimum Gasteiger partial charge on any atom is -0.316 e. The average molecular weight is 307 g/mol. The number of rotatable bonds is 1. The molecular weight excluding hydrogens is 290 g/mol. The maximum Gasteiger partial charge on any atom is 0.251 e. The zero-order chi connectivity index (χ0) is 15.4. The molecule has 116 valence electrons. The Labute approximate surface area is 132 Å². The van der Waals surface area contributed by atoms with Gasteiger partial charge in [-0.1, -0.05) is 0 Å². The highest BCUT2D eigenvalue weighted by Crippen LogP contribution is 2.33. The Morgan fingerprint density at radius 1 is 1.17 bits per heavy atom. The zero-order valence-electron chi connectivity index (χ0n) is 12.6. The molecule has 0 saturated carbocycles. The Morgan fingerprint density at radius 3 is 3.09 bits per heavy atom. The molecule has 0 unspecified atom stereocenters. The lowest BCUT2D eigenvalue weighted by Gasteiger charge is -2.37. The first-order valence-corrected chi connectivity index (χ1v) is 8.02. The van der Waals surface area contributed by atoms with E-state index >= 15 is 0 Å². The Bertz CT molecular complexity index is 957. The Hall–Kier alpha value is -2.47. The predicted octanol–water partition coefficient (Wildman–Crippen LogP) is 1.26. The van der Waals surface area contributed by atoms with Gasteiger partial charge in [-0.25, -0.2) is 9.97 Å². The van der Waals surface area contributed by atoms with E-state index in [1.54, 1.807) is 18.5 Å². The van der Waals surface area contributed by atoms with Gasteiger partial charge in [-0.3, -0.25) is 9.20 Å². The molecule has 6 heteroatoms. The van der Waals surface area contributed by atoms with Gasteiger partial charge < -0.3 is 9.88 Å². The molecule has 0 spiro atoms. The fraction of sp³-hybridized carbons (Fsp3) is 0.353. The summed E-state index contributed by atoms with van der Waals surface area (Å²) in [5.41, 5.74) is 3.14. The van der Waals surface area contributed by atoms with Crippen LogP contribution in [-0.2, 0) is 6.54 Å². The van der Waals surface area contributed by atoms with Gasteiger partial charge in [-0.05, 0) is 30.5 Å². The number of fused-ring (bicyclic) bond motifs is 5. The third kappa shape index (κ3) is 2.02. The summed E-state index contributed by atoms with van der Waals surface area (Å²) in [7, 11) is 0. The molecular formula is C17H17N5O. The van der Waals surface area contributed by atoms with E-state index in [-0.39, 0.29) is 5.56 Å². The van der Waals surface area contributed by atoms with Crippen molar-refractivity contribution in [2.45, 2.75) is 18.9 Å². The van der Waals surface area contributed by atoms with Gasteiger partial charge in [0, 0.05) is 61.1 Å². The monoisotopic (exact) mass is 307 g/mol. The molecule has 2 atom stereocenters. The van der Waals surface area contributed by atoms with Crippen molar-refractivity contribution in [2.24, 2.45) is 5.92 Å². The smallest absolute Gasteiger partial charge is 0.251 e. The normalized spacial score (nSPS) is 23.0. The molecule has 3 aromatic rings. The van der Waals surface area contributed by atoms with Crippen molar-refractivity contribution in [3.8, 4) is 11.1 Å². The third-order valence-corrected chi connectivity index (χ3v) is 5.04. The number of aromatic nitrogens is 4. The largest absolute Gasteiger partial charge is 0.316 e. The van der Waals surface area contributed by atoms with E-state index < -0.39 is 0 Å². The number of hydrogen-bond donors (Lipinski definition) is 1. The van der Waals surface area contributed by atoms with Crippen LogP contribution in [0.25, 0.3) is 16.9 Å². The number of imidazole rings is 1. The minimum absolute atomic E-state index is 0.0971. The predicted molar refractivity (Wildman–Crippen MR) is 86.4 cm³/mol. The lowest BCUT2D eigenvalue weighted by atomic mass is 9.83. The lowest BCUT2D eigenvalue weighted by Crippen LogP contribution is -2.44. The lowest BCUT2D eigenvalue weighted by molar-refractivity contribution is 0.257. The minimum atomic E-state index is 0.0971. The van der Waals surface area contributed by atoms with Crippen molar-refractivity contribution in [3.63, 3.8) is 0 Å². The van der Waals surface area contributed by atoms with E-state index in [1.807, 2.05) is 21.4 Å². The van der Waals surface area contributed by atoms with E-state index in [0.717, 1.165) is 36.5 Å². The van der Waals surface area contributed by atoms with Crippen LogP contribution in [-0.4, -0.2) is 32.0 Å². The van der Waals surface area contributed by atoms with E-state index in [0.29, 0.717) is 17.6 Å². The number of piperidine rings is 1. The van der Waals surface area contributed by atoms with Crippen molar-refractivity contribution in [2.75, 3.05) is 13.1 Å². The van der Waals surface area contributed by atoms with Crippen LogP contribution in [0.2, 0.25) is 0 Å². The second-order valence-corrected chi connectivity index (χ2v) is 6.55. The number of nitrogens with zero attached hydrogens (tertiary/aromatic N) is 4. The molecule has 5 rings (SSSR count). The van der Waals surface area contributed by atoms with Crippen molar-refractivity contribution in [1.29, 1.82) is 0 Å². The Morgan fingerprint density at radius 2 is 2.13 bits per heavy atom. The SMILES string of the molecule is O=c1cc(-c2cnc3nccn3c2)cc2n1C[C@@H]1CNC[C@H]2C1. The number of nitrogens with one attached hydrogen (secondary N) is 1. The molecule has 1 saturated heterocycles. The molecule has 0 amide bonds. The molecule has 5 heterocycles. The van der Waals surface area contributed by atoms with Crippen LogP contribution in [0, 0.1) is 5.92 Å². The fourth-order valence-corrected chi connectivity index (χ4v) is 3.94. The molecule has 23 heavy (non-hydrogen) atoms. The van der Waals surface area contributed by atoms with Crippen LogP contribution >= 0.6 is 0 Å². The second-order valence-electron chi connectivity index (χ2n) is 6.55. The van der Waals surface area contributed by atoms with Gasteiger partial charge in [-0.2, -0.15) is 0 Å². The highest BCUT2D eigenvalue weighted by atomic mass is 16.1. The van der Waals surface area contributed by atoms with Crippen LogP contribution in [0.15, 0.2) is 41.7 Å². The summed E-state index contributed by atoms with van der Waals surface area (Å²) in [5.74, 6) is 1.68. The van der Waals surface area contributed by atoms with Gasteiger partial charge in [0.25, 0.3) is 5.56 Å². The summed E-state index contributed by atoms with van der Waals surface area (Å²) in [5, 5.41) is 3.49. The van der Waals surface area contributed by atoms with Gasteiger partial charge in [0.1, 0.15) is 0 Å². The third-order valence-electron chi connectivity index (χ3n) is 5.04. The first kappa shape index (κ1) is 13.0. The topological polar surface area (TPSA) is 64.2 Å². The summed E-state index contributed by atoms with van der Waals surface area (Å²) in [6, 6.07) is 3.90. The Kier molecular flexibility index (Phi) is 2.69. The van der Waals surface area contributed by atoms with E-state index in [1.165, 1.54) is 6.42 Å². The van der Waals surface area contributed by atoms with Crippen LogP contribution in [0.3, 0.4) is 0 Å². The van der Waals surface area contributed by atoms with Crippen LogP contribution in [0.1, 0.15) is 18.0 Å². The van der Waals surface area contributed by atoms with E-state index in [9.17, 15) is 4.79 Å². The standard InChI is InChI=1S/C17H17N5O/c23-16-5-12(14-8-20-17-19-1-2-21(17)10-14)4-15-13-3-11(6-18-7-13)9-22(15)16/h1-2,4-5,8,10-11,13,18H,3,6-7,9H2/t11-,13+/m0/s1. The van der Waals surface area contributed by atoms with Crippen LogP contribution in [0.4, 0.5) is 0 Å².